The van der Waals surface area contributed by atoms with E-state index in [1.807, 2.05) is 0 Å². The summed E-state index contributed by atoms with van der Waals surface area (Å²) >= 11 is 6.03. The number of hydrazone groups is 1. The number of hydrogen-bond donors (Lipinski definition) is 2. The van der Waals surface area contributed by atoms with Crippen LogP contribution in [0.25, 0.3) is 0 Å². The molecule has 0 radical (unpaired) electrons. The Bertz CT molecular complexity index is 848. The van der Waals surface area contributed by atoms with Crippen molar-refractivity contribution in [1.29, 1.82) is 0 Å². The maximum atomic E-state index is 13.7. The van der Waals surface area contributed by atoms with Crippen LogP contribution in [0.1, 0.15) is 11.1 Å². The van der Waals surface area contributed by atoms with Crippen LogP contribution in [0, 0.1) is 23.3 Å². The molecular weight excluding hydrogens is 505 g/mol. The van der Waals surface area contributed by atoms with Crippen molar-refractivity contribution in [2.75, 3.05) is 5.43 Å². The van der Waals surface area contributed by atoms with Gasteiger partial charge in [-0.25, -0.2) is 17.6 Å². The largest absolute Gasteiger partial charge is 0.506 e. The number of nitrogens with zero attached hydrogens (tertiary/aromatic N) is 1. The lowest BCUT2D eigenvalue weighted by molar-refractivity contribution is -0.143. The number of hydrogen-bond acceptors (Lipinski definition) is 3. The number of nitrogens with one attached hydrogen (secondary N) is 1. The molecule has 2 N–H and O–H groups in total. The maximum Gasteiger partial charge on any atom is 0.422 e. The summed E-state index contributed by atoms with van der Waals surface area (Å²) in [5, 5.41) is 12.9. The van der Waals surface area contributed by atoms with Crippen LogP contribution < -0.4 is 5.43 Å². The van der Waals surface area contributed by atoms with Gasteiger partial charge in [0.1, 0.15) is 17.0 Å². The Hall–Kier alpha value is -1.82. The highest BCUT2D eigenvalue weighted by Gasteiger charge is 2.42. The van der Waals surface area contributed by atoms with Gasteiger partial charge >= 0.3 is 6.18 Å². The van der Waals surface area contributed by atoms with E-state index >= 15 is 0 Å². The first-order chi connectivity index (χ1) is 11.9. The second-order valence-corrected chi connectivity index (χ2v) is 6.42. The minimum Gasteiger partial charge on any atom is -0.506 e. The molecule has 0 unspecified atom stereocenters. The molecule has 0 amide bonds. The summed E-state index contributed by atoms with van der Waals surface area (Å²) in [6, 6.07) is 2.68. The van der Waals surface area contributed by atoms with Crippen LogP contribution in [0.3, 0.4) is 0 Å². The van der Waals surface area contributed by atoms with Crippen LogP contribution >= 0.6 is 31.9 Å². The van der Waals surface area contributed by atoms with E-state index < -0.39 is 40.7 Å². The SMILES string of the molecule is Oc1c(Br)cc(/C=N\Nc2c(F)c(F)c(C(F)(F)F)c(F)c2F)cc1Br. The van der Waals surface area contributed by atoms with Gasteiger partial charge in [0, 0.05) is 0 Å². The summed E-state index contributed by atoms with van der Waals surface area (Å²) in [5.74, 6) is -9.88. The summed E-state index contributed by atoms with van der Waals surface area (Å²) in [4.78, 5) is 0. The van der Waals surface area contributed by atoms with Crippen LogP contribution in [0.5, 0.6) is 5.75 Å². The number of rotatable bonds is 3. The Morgan fingerprint density at radius 1 is 0.923 bits per heavy atom. The van der Waals surface area contributed by atoms with E-state index in [9.17, 15) is 35.8 Å². The first-order valence-corrected chi connectivity index (χ1v) is 7.94. The molecule has 0 atom stereocenters. The van der Waals surface area contributed by atoms with Crippen LogP contribution in [0.4, 0.5) is 36.4 Å². The van der Waals surface area contributed by atoms with Gasteiger partial charge in [-0.2, -0.15) is 18.3 Å². The molecule has 0 aliphatic rings. The molecule has 2 aromatic rings. The zero-order valence-electron chi connectivity index (χ0n) is 12.0. The standard InChI is InChI=1S/C14H5Br2F7N2O/c15-5-1-4(2-6(16)13(5)26)3-24-25-12-10(19)8(17)7(14(21,22)23)9(18)11(12)20/h1-3,25-26H/b24-3-. The van der Waals surface area contributed by atoms with Gasteiger partial charge in [-0.05, 0) is 49.6 Å². The zero-order valence-corrected chi connectivity index (χ0v) is 15.2. The number of halogens is 9. The molecule has 140 valence electrons. The third kappa shape index (κ3) is 3.95. The fraction of sp³-hybridized carbons (Fsp3) is 0.0714. The molecule has 26 heavy (non-hydrogen) atoms. The van der Waals surface area contributed by atoms with Crippen molar-refractivity contribution in [3.63, 3.8) is 0 Å². The van der Waals surface area contributed by atoms with Crippen LogP contribution in [-0.2, 0) is 6.18 Å². The Morgan fingerprint density at radius 3 is 1.81 bits per heavy atom. The Balaban J connectivity index is 2.39. The maximum absolute atomic E-state index is 13.7. The molecule has 12 heteroatoms. The van der Waals surface area contributed by atoms with E-state index in [-0.39, 0.29) is 20.3 Å². The summed E-state index contributed by atoms with van der Waals surface area (Å²) < 4.78 is 92.2. The molecule has 0 saturated carbocycles. The van der Waals surface area contributed by atoms with Gasteiger partial charge in [0.15, 0.2) is 23.3 Å². The Morgan fingerprint density at radius 2 is 1.38 bits per heavy atom. The molecule has 0 aromatic heterocycles. The highest BCUT2D eigenvalue weighted by atomic mass is 79.9. The highest BCUT2D eigenvalue weighted by molar-refractivity contribution is 9.11. The van der Waals surface area contributed by atoms with E-state index in [4.69, 9.17) is 0 Å². The molecule has 2 aromatic carbocycles. The van der Waals surface area contributed by atoms with Crippen molar-refractivity contribution in [3.05, 3.63) is 55.5 Å². The van der Waals surface area contributed by atoms with Crippen LogP contribution in [-0.4, -0.2) is 11.3 Å². The summed E-state index contributed by atoms with van der Waals surface area (Å²) in [5.41, 5.74) is -2.31. The topological polar surface area (TPSA) is 44.6 Å². The van der Waals surface area contributed by atoms with Gasteiger partial charge in [0.05, 0.1) is 15.2 Å². The van der Waals surface area contributed by atoms with Crippen molar-refractivity contribution in [2.24, 2.45) is 5.10 Å². The van der Waals surface area contributed by atoms with E-state index in [1.54, 1.807) is 5.43 Å². The third-order valence-electron chi connectivity index (χ3n) is 2.98. The first-order valence-electron chi connectivity index (χ1n) is 6.35. The highest BCUT2D eigenvalue weighted by Crippen LogP contribution is 2.38. The van der Waals surface area contributed by atoms with Crippen LogP contribution in [0.2, 0.25) is 0 Å². The fourth-order valence-corrected chi connectivity index (χ4v) is 3.03. The number of anilines is 1. The normalized spacial score (nSPS) is 12.0. The van der Waals surface area contributed by atoms with E-state index in [2.05, 4.69) is 37.0 Å². The minimum absolute atomic E-state index is 0.140. The van der Waals surface area contributed by atoms with Crippen molar-refractivity contribution >= 4 is 43.8 Å². The van der Waals surface area contributed by atoms with E-state index in [0.29, 0.717) is 0 Å². The lowest BCUT2D eigenvalue weighted by Gasteiger charge is -2.13. The fourth-order valence-electron chi connectivity index (χ4n) is 1.81. The Labute approximate surface area is 157 Å². The second kappa shape index (κ2) is 7.43. The zero-order chi connectivity index (χ0) is 19.8. The van der Waals surface area contributed by atoms with Gasteiger partial charge < -0.3 is 5.11 Å². The van der Waals surface area contributed by atoms with Crippen molar-refractivity contribution in [3.8, 4) is 5.75 Å². The predicted octanol–water partition coefficient (Wildman–Crippen LogP) is 5.94. The summed E-state index contributed by atoms with van der Waals surface area (Å²) in [7, 11) is 0. The van der Waals surface area contributed by atoms with Crippen molar-refractivity contribution < 1.29 is 35.8 Å². The molecule has 0 heterocycles. The monoisotopic (exact) mass is 508 g/mol. The average molecular weight is 510 g/mol. The lowest BCUT2D eigenvalue weighted by Crippen LogP contribution is -2.16. The predicted molar refractivity (Wildman–Crippen MR) is 86.0 cm³/mol. The number of aromatic hydroxyl groups is 1. The number of phenolic OH excluding ortho intramolecular Hbond substituents is 1. The lowest BCUT2D eigenvalue weighted by atomic mass is 10.1. The van der Waals surface area contributed by atoms with E-state index in [1.165, 1.54) is 12.1 Å². The summed E-state index contributed by atoms with van der Waals surface area (Å²) in [6.45, 7) is 0. The van der Waals surface area contributed by atoms with Crippen molar-refractivity contribution in [1.82, 2.24) is 0 Å². The van der Waals surface area contributed by atoms with Crippen LogP contribution in [0.15, 0.2) is 26.2 Å². The minimum atomic E-state index is -5.62. The molecule has 0 bridgehead atoms. The smallest absolute Gasteiger partial charge is 0.422 e. The molecule has 0 fully saturated rings. The van der Waals surface area contributed by atoms with Gasteiger partial charge in [-0.1, -0.05) is 0 Å². The van der Waals surface area contributed by atoms with Gasteiger partial charge in [-0.15, -0.1) is 0 Å². The van der Waals surface area contributed by atoms with Gasteiger partial charge in [-0.3, -0.25) is 5.43 Å². The third-order valence-corrected chi connectivity index (χ3v) is 4.19. The van der Waals surface area contributed by atoms with Crippen molar-refractivity contribution in [2.45, 2.75) is 6.18 Å². The average Bonchev–Trinajstić information content (AvgIpc) is 2.52. The Kier molecular flexibility index (Phi) is 5.85. The first kappa shape index (κ1) is 20.5. The molecule has 0 aliphatic heterocycles. The molecule has 0 saturated heterocycles. The molecular formula is C14H5Br2F7N2O. The van der Waals surface area contributed by atoms with Gasteiger partial charge in [0.25, 0.3) is 0 Å². The second-order valence-electron chi connectivity index (χ2n) is 4.71. The van der Waals surface area contributed by atoms with Gasteiger partial charge in [0.2, 0.25) is 0 Å². The molecule has 0 spiro atoms. The molecule has 0 aliphatic carbocycles. The molecule has 3 nitrogen and oxygen atoms in total. The number of phenols is 1. The number of alkyl halides is 3. The van der Waals surface area contributed by atoms with E-state index in [0.717, 1.165) is 6.21 Å². The summed E-state index contributed by atoms with van der Waals surface area (Å²) in [6.07, 6.45) is -4.68. The number of benzene rings is 2. The molecule has 2 rings (SSSR count). The quantitative estimate of drug-likeness (QED) is 0.233.